The topological polar surface area (TPSA) is 22.1 Å². The Hall–Kier alpha value is -2.61. The molecule has 120 valence electrons. The van der Waals surface area contributed by atoms with Gasteiger partial charge in [0.1, 0.15) is 11.5 Å². The number of hydrogen-bond donors (Lipinski definition) is 0. The van der Waals surface area contributed by atoms with E-state index in [9.17, 15) is 0 Å². The fraction of sp³-hybridized carbons (Fsp3) is 0.227. The Balaban J connectivity index is 2.04. The molecule has 0 bridgehead atoms. The summed E-state index contributed by atoms with van der Waals surface area (Å²) in [5, 5.41) is 0. The molecule has 1 aliphatic heterocycles. The van der Waals surface area contributed by atoms with Crippen LogP contribution in [0.15, 0.2) is 66.9 Å². The van der Waals surface area contributed by atoms with E-state index in [2.05, 4.69) is 61.3 Å². The number of benzene rings is 2. The van der Waals surface area contributed by atoms with Crippen molar-refractivity contribution in [3.63, 3.8) is 0 Å². The van der Waals surface area contributed by atoms with Gasteiger partial charge in [-0.2, -0.15) is 0 Å². The highest BCUT2D eigenvalue weighted by Gasteiger charge is 2.41. The molecule has 0 saturated carbocycles. The molecule has 2 heteroatoms. The van der Waals surface area contributed by atoms with Crippen molar-refractivity contribution < 1.29 is 4.74 Å². The molecule has 0 radical (unpaired) electrons. The third kappa shape index (κ3) is 2.06. The summed E-state index contributed by atoms with van der Waals surface area (Å²) in [6.07, 6.45) is 3.91. The first-order valence-electron chi connectivity index (χ1n) is 8.62. The molecule has 0 amide bonds. The second-order valence-corrected chi connectivity index (χ2v) is 6.28. The number of pyridine rings is 1. The van der Waals surface area contributed by atoms with Gasteiger partial charge in [-0.05, 0) is 37.1 Å². The predicted molar refractivity (Wildman–Crippen MR) is 97.6 cm³/mol. The van der Waals surface area contributed by atoms with E-state index >= 15 is 0 Å². The third-order valence-corrected chi connectivity index (χ3v) is 5.28. The summed E-state index contributed by atoms with van der Waals surface area (Å²) >= 11 is 0. The van der Waals surface area contributed by atoms with Crippen molar-refractivity contribution in [2.45, 2.75) is 32.1 Å². The van der Waals surface area contributed by atoms with Gasteiger partial charge in [-0.3, -0.25) is 4.98 Å². The molecule has 24 heavy (non-hydrogen) atoms. The molecule has 0 aliphatic carbocycles. The van der Waals surface area contributed by atoms with Crippen molar-refractivity contribution in [1.29, 1.82) is 0 Å². The SMILES string of the molecule is CCC1(CC)c2ccccc2Oc2cccc(-c3ccccn3)c21. The van der Waals surface area contributed by atoms with Crippen LogP contribution in [-0.4, -0.2) is 4.98 Å². The largest absolute Gasteiger partial charge is 0.457 e. The van der Waals surface area contributed by atoms with Gasteiger partial charge in [-0.15, -0.1) is 0 Å². The van der Waals surface area contributed by atoms with E-state index in [1.54, 1.807) is 0 Å². The van der Waals surface area contributed by atoms with Gasteiger partial charge in [0.15, 0.2) is 0 Å². The highest BCUT2D eigenvalue weighted by atomic mass is 16.5. The van der Waals surface area contributed by atoms with E-state index < -0.39 is 0 Å². The van der Waals surface area contributed by atoms with Crippen LogP contribution in [-0.2, 0) is 5.41 Å². The minimum absolute atomic E-state index is 0.0434. The fourth-order valence-corrected chi connectivity index (χ4v) is 4.03. The van der Waals surface area contributed by atoms with Crippen LogP contribution < -0.4 is 4.74 Å². The Morgan fingerprint density at radius 1 is 0.833 bits per heavy atom. The molecule has 0 atom stereocenters. The van der Waals surface area contributed by atoms with Gasteiger partial charge in [0.05, 0.1) is 5.69 Å². The average Bonchev–Trinajstić information content (AvgIpc) is 2.66. The normalized spacial score (nSPS) is 14.4. The van der Waals surface area contributed by atoms with Crippen LogP contribution in [0.4, 0.5) is 0 Å². The molecular formula is C22H21NO. The maximum absolute atomic E-state index is 6.27. The maximum atomic E-state index is 6.27. The molecule has 2 aromatic carbocycles. The van der Waals surface area contributed by atoms with Crippen molar-refractivity contribution >= 4 is 0 Å². The fourth-order valence-electron chi connectivity index (χ4n) is 4.03. The van der Waals surface area contributed by atoms with Crippen molar-refractivity contribution in [3.8, 4) is 22.8 Å². The lowest BCUT2D eigenvalue weighted by atomic mass is 9.67. The number of ether oxygens (including phenoxy) is 1. The van der Waals surface area contributed by atoms with Crippen LogP contribution in [0, 0.1) is 0 Å². The van der Waals surface area contributed by atoms with Crippen molar-refractivity contribution in [1.82, 2.24) is 4.98 Å². The number of para-hydroxylation sites is 1. The zero-order valence-corrected chi connectivity index (χ0v) is 14.1. The Morgan fingerprint density at radius 3 is 2.33 bits per heavy atom. The van der Waals surface area contributed by atoms with Crippen LogP contribution in [0.25, 0.3) is 11.3 Å². The first kappa shape index (κ1) is 14.9. The molecule has 0 unspecified atom stereocenters. The summed E-state index contributed by atoms with van der Waals surface area (Å²) in [6, 6.07) is 20.8. The lowest BCUT2D eigenvalue weighted by molar-refractivity contribution is 0.375. The van der Waals surface area contributed by atoms with E-state index in [1.807, 2.05) is 24.4 Å². The average molecular weight is 315 g/mol. The summed E-state index contributed by atoms with van der Waals surface area (Å²) in [5.41, 5.74) is 4.69. The Bertz CT molecular complexity index is 866. The summed E-state index contributed by atoms with van der Waals surface area (Å²) in [4.78, 5) is 4.59. The lowest BCUT2D eigenvalue weighted by Crippen LogP contribution is -2.30. The van der Waals surface area contributed by atoms with Gasteiger partial charge in [0, 0.05) is 28.3 Å². The van der Waals surface area contributed by atoms with E-state index in [0.717, 1.165) is 30.0 Å². The molecular weight excluding hydrogens is 294 g/mol. The molecule has 4 rings (SSSR count). The minimum atomic E-state index is -0.0434. The maximum Gasteiger partial charge on any atom is 0.132 e. The minimum Gasteiger partial charge on any atom is -0.457 e. The monoisotopic (exact) mass is 315 g/mol. The highest BCUT2D eigenvalue weighted by molar-refractivity contribution is 5.73. The Kier molecular flexibility index (Phi) is 3.61. The van der Waals surface area contributed by atoms with Crippen LogP contribution in [0.5, 0.6) is 11.5 Å². The van der Waals surface area contributed by atoms with Crippen LogP contribution in [0.3, 0.4) is 0 Å². The molecule has 3 aromatic rings. The van der Waals surface area contributed by atoms with Gasteiger partial charge in [0.2, 0.25) is 0 Å². The van der Waals surface area contributed by atoms with Crippen molar-refractivity contribution in [2.24, 2.45) is 0 Å². The molecule has 0 spiro atoms. The van der Waals surface area contributed by atoms with E-state index in [1.165, 1.54) is 16.7 Å². The smallest absolute Gasteiger partial charge is 0.132 e. The number of aromatic nitrogens is 1. The molecule has 2 nitrogen and oxygen atoms in total. The predicted octanol–water partition coefficient (Wildman–Crippen LogP) is 5.96. The summed E-state index contributed by atoms with van der Waals surface area (Å²) in [5.74, 6) is 1.94. The second-order valence-electron chi connectivity index (χ2n) is 6.28. The first-order chi connectivity index (χ1) is 11.8. The molecule has 0 N–H and O–H groups in total. The molecule has 0 fully saturated rings. The number of rotatable bonds is 3. The summed E-state index contributed by atoms with van der Waals surface area (Å²) in [6.45, 7) is 4.54. The highest BCUT2D eigenvalue weighted by Crippen LogP contribution is 2.54. The van der Waals surface area contributed by atoms with Gasteiger partial charge in [0.25, 0.3) is 0 Å². The van der Waals surface area contributed by atoms with Crippen molar-refractivity contribution in [2.75, 3.05) is 0 Å². The molecule has 1 aromatic heterocycles. The summed E-state index contributed by atoms with van der Waals surface area (Å²) in [7, 11) is 0. The number of fused-ring (bicyclic) bond motifs is 2. The Morgan fingerprint density at radius 2 is 1.58 bits per heavy atom. The van der Waals surface area contributed by atoms with Crippen LogP contribution >= 0.6 is 0 Å². The lowest BCUT2D eigenvalue weighted by Gasteiger charge is -2.40. The molecule has 1 aliphatic rings. The zero-order chi connectivity index (χ0) is 16.6. The summed E-state index contributed by atoms with van der Waals surface area (Å²) < 4.78 is 6.27. The third-order valence-electron chi connectivity index (χ3n) is 5.28. The number of hydrogen-bond acceptors (Lipinski definition) is 2. The second kappa shape index (κ2) is 5.79. The van der Waals surface area contributed by atoms with Gasteiger partial charge in [-0.25, -0.2) is 0 Å². The van der Waals surface area contributed by atoms with Gasteiger partial charge in [-0.1, -0.05) is 50.2 Å². The molecule has 2 heterocycles. The van der Waals surface area contributed by atoms with E-state index in [4.69, 9.17) is 4.74 Å². The van der Waals surface area contributed by atoms with Crippen molar-refractivity contribution in [3.05, 3.63) is 78.0 Å². The molecule has 0 saturated heterocycles. The Labute approximate surface area is 143 Å². The van der Waals surface area contributed by atoms with Gasteiger partial charge >= 0.3 is 0 Å². The van der Waals surface area contributed by atoms with E-state index in [0.29, 0.717) is 0 Å². The van der Waals surface area contributed by atoms with E-state index in [-0.39, 0.29) is 5.41 Å². The van der Waals surface area contributed by atoms with Gasteiger partial charge < -0.3 is 4.74 Å². The quantitative estimate of drug-likeness (QED) is 0.595. The van der Waals surface area contributed by atoms with Crippen LogP contribution in [0.2, 0.25) is 0 Å². The standard InChI is InChI=1S/C22H21NO/c1-3-22(4-2)17-11-5-6-13-19(17)24-20-14-9-10-16(21(20)22)18-12-7-8-15-23-18/h5-15H,3-4H2,1-2H3. The van der Waals surface area contributed by atoms with Crippen LogP contribution in [0.1, 0.15) is 37.8 Å². The first-order valence-corrected chi connectivity index (χ1v) is 8.62. The number of nitrogens with zero attached hydrogens (tertiary/aromatic N) is 1. The zero-order valence-electron chi connectivity index (χ0n) is 14.1.